The summed E-state index contributed by atoms with van der Waals surface area (Å²) in [4.78, 5) is 25.5. The number of carbonyl (C=O) groups is 2. The van der Waals surface area contributed by atoms with Gasteiger partial charge >= 0.3 is 0 Å². The number of ether oxygens (including phenoxy) is 1. The summed E-state index contributed by atoms with van der Waals surface area (Å²) in [5.74, 6) is 0.992. The monoisotopic (exact) mass is 496 g/mol. The highest BCUT2D eigenvalue weighted by atomic mass is 79.9. The van der Waals surface area contributed by atoms with Crippen LogP contribution in [0, 0.1) is 0 Å². The minimum atomic E-state index is -0.399. The van der Waals surface area contributed by atoms with E-state index in [0.717, 1.165) is 22.9 Å². The number of methoxy groups -OCH3 is 1. The van der Waals surface area contributed by atoms with Crippen molar-refractivity contribution in [3.63, 3.8) is 0 Å². The maximum absolute atomic E-state index is 12.7. The highest BCUT2D eigenvalue weighted by molar-refractivity contribution is 9.10. The molecule has 0 aliphatic carbocycles. The Hall–Kier alpha value is -3.32. The second kappa shape index (κ2) is 11.3. The summed E-state index contributed by atoms with van der Waals surface area (Å²) in [5, 5.41) is 5.54. The van der Waals surface area contributed by atoms with Crippen molar-refractivity contribution in [3.8, 4) is 17.1 Å². The number of furan rings is 1. The molecule has 0 radical (unpaired) electrons. The Bertz CT molecular complexity index is 1090. The molecule has 0 saturated carbocycles. The molecule has 32 heavy (non-hydrogen) atoms. The van der Waals surface area contributed by atoms with E-state index in [2.05, 4.69) is 26.6 Å². The Balaban J connectivity index is 1.83. The first-order valence-corrected chi connectivity index (χ1v) is 11.1. The van der Waals surface area contributed by atoms with Gasteiger partial charge in [0.05, 0.1) is 7.11 Å². The standard InChI is InChI=1S/C25H25BrN2O4/c1-3-4-15-27-25(30)22(28-24(29)18-7-11-20(31-2)12-8-18)16-21-13-14-23(32-21)17-5-9-19(26)10-6-17/h5-14,16H,3-4,15H2,1-2H3,(H,27,30)(H,28,29)/b22-16-. The van der Waals surface area contributed by atoms with Crippen molar-refractivity contribution in [3.05, 3.63) is 82.2 Å². The third-order valence-corrected chi connectivity index (χ3v) is 5.23. The molecule has 2 aromatic carbocycles. The van der Waals surface area contributed by atoms with Crippen molar-refractivity contribution in [2.45, 2.75) is 19.8 Å². The fraction of sp³-hybridized carbons (Fsp3) is 0.200. The summed E-state index contributed by atoms with van der Waals surface area (Å²) in [7, 11) is 1.56. The van der Waals surface area contributed by atoms with Crippen molar-refractivity contribution < 1.29 is 18.7 Å². The van der Waals surface area contributed by atoms with Gasteiger partial charge in [0.15, 0.2) is 0 Å². The van der Waals surface area contributed by atoms with Gasteiger partial charge in [0, 0.05) is 28.2 Å². The molecule has 0 aliphatic heterocycles. The lowest BCUT2D eigenvalue weighted by molar-refractivity contribution is -0.117. The normalized spacial score (nSPS) is 11.2. The van der Waals surface area contributed by atoms with Gasteiger partial charge in [0.25, 0.3) is 11.8 Å². The number of nitrogens with one attached hydrogen (secondary N) is 2. The molecular weight excluding hydrogens is 472 g/mol. The van der Waals surface area contributed by atoms with Gasteiger partial charge in [-0.1, -0.05) is 41.4 Å². The first-order chi connectivity index (χ1) is 15.5. The number of rotatable bonds is 9. The third kappa shape index (κ3) is 6.34. The lowest BCUT2D eigenvalue weighted by Crippen LogP contribution is -2.35. The predicted octanol–water partition coefficient (Wildman–Crippen LogP) is 5.40. The summed E-state index contributed by atoms with van der Waals surface area (Å²) in [6.45, 7) is 2.56. The highest BCUT2D eigenvalue weighted by Crippen LogP contribution is 2.25. The number of unbranched alkanes of at least 4 members (excludes halogenated alkanes) is 1. The van der Waals surface area contributed by atoms with Crippen molar-refractivity contribution in [1.82, 2.24) is 10.6 Å². The molecule has 3 rings (SSSR count). The van der Waals surface area contributed by atoms with Crippen LogP contribution in [0.2, 0.25) is 0 Å². The van der Waals surface area contributed by atoms with E-state index in [9.17, 15) is 9.59 Å². The van der Waals surface area contributed by atoms with E-state index < -0.39 is 5.91 Å². The van der Waals surface area contributed by atoms with Crippen molar-refractivity contribution in [1.29, 1.82) is 0 Å². The molecular formula is C25H25BrN2O4. The fourth-order valence-electron chi connectivity index (χ4n) is 2.91. The van der Waals surface area contributed by atoms with Crippen LogP contribution in [0.3, 0.4) is 0 Å². The molecule has 3 aromatic rings. The smallest absolute Gasteiger partial charge is 0.267 e. The summed E-state index contributed by atoms with van der Waals surface area (Å²) in [6, 6.07) is 18.0. The van der Waals surface area contributed by atoms with Gasteiger partial charge in [0.1, 0.15) is 23.0 Å². The first-order valence-electron chi connectivity index (χ1n) is 10.3. The van der Waals surface area contributed by atoms with Gasteiger partial charge in [-0.25, -0.2) is 0 Å². The van der Waals surface area contributed by atoms with Crippen LogP contribution in [0.15, 0.2) is 75.3 Å². The lowest BCUT2D eigenvalue weighted by Gasteiger charge is -2.11. The van der Waals surface area contributed by atoms with Gasteiger partial charge < -0.3 is 19.8 Å². The molecule has 2 N–H and O–H groups in total. The zero-order valence-electron chi connectivity index (χ0n) is 18.0. The zero-order valence-corrected chi connectivity index (χ0v) is 19.6. The van der Waals surface area contributed by atoms with E-state index in [-0.39, 0.29) is 11.6 Å². The van der Waals surface area contributed by atoms with E-state index in [4.69, 9.17) is 9.15 Å². The number of carbonyl (C=O) groups excluding carboxylic acids is 2. The maximum atomic E-state index is 12.7. The number of benzene rings is 2. The molecule has 1 heterocycles. The van der Waals surface area contributed by atoms with E-state index in [1.54, 1.807) is 37.4 Å². The molecule has 0 spiro atoms. The maximum Gasteiger partial charge on any atom is 0.267 e. The lowest BCUT2D eigenvalue weighted by atomic mass is 10.2. The van der Waals surface area contributed by atoms with Crippen LogP contribution in [0.5, 0.6) is 5.75 Å². The molecule has 2 amide bonds. The quantitative estimate of drug-likeness (QED) is 0.306. The molecule has 166 valence electrons. The summed E-state index contributed by atoms with van der Waals surface area (Å²) in [6.07, 6.45) is 3.33. The molecule has 0 atom stereocenters. The zero-order chi connectivity index (χ0) is 22.9. The second-order valence-corrected chi connectivity index (χ2v) is 7.97. The van der Waals surface area contributed by atoms with Crippen molar-refractivity contribution >= 4 is 33.8 Å². The van der Waals surface area contributed by atoms with Gasteiger partial charge in [-0.15, -0.1) is 0 Å². The van der Waals surface area contributed by atoms with Crippen LogP contribution in [0.1, 0.15) is 35.9 Å². The average molecular weight is 497 g/mol. The summed E-state index contributed by atoms with van der Waals surface area (Å²) >= 11 is 3.42. The number of hydrogen-bond acceptors (Lipinski definition) is 4. The number of amides is 2. The molecule has 0 saturated heterocycles. The van der Waals surface area contributed by atoms with Crippen LogP contribution in [0.25, 0.3) is 17.4 Å². The summed E-state index contributed by atoms with van der Waals surface area (Å²) in [5.41, 5.74) is 1.43. The van der Waals surface area contributed by atoms with Gasteiger partial charge in [-0.3, -0.25) is 9.59 Å². The van der Waals surface area contributed by atoms with E-state index in [1.165, 1.54) is 6.08 Å². The second-order valence-electron chi connectivity index (χ2n) is 7.06. The molecule has 0 fully saturated rings. The Morgan fingerprint density at radius 1 is 1.03 bits per heavy atom. The minimum Gasteiger partial charge on any atom is -0.497 e. The minimum absolute atomic E-state index is 0.110. The Labute approximate surface area is 195 Å². The SMILES string of the molecule is CCCCNC(=O)/C(=C/c1ccc(-c2ccc(Br)cc2)o1)NC(=O)c1ccc(OC)cc1. The molecule has 6 nitrogen and oxygen atoms in total. The van der Waals surface area contributed by atoms with Crippen molar-refractivity contribution in [2.24, 2.45) is 0 Å². The van der Waals surface area contributed by atoms with Gasteiger partial charge in [-0.2, -0.15) is 0 Å². The fourth-order valence-corrected chi connectivity index (χ4v) is 3.18. The molecule has 0 aliphatic rings. The van der Waals surface area contributed by atoms with Gasteiger partial charge in [0.2, 0.25) is 0 Å². The van der Waals surface area contributed by atoms with Crippen LogP contribution in [0.4, 0.5) is 0 Å². The largest absolute Gasteiger partial charge is 0.497 e. The Kier molecular flexibility index (Phi) is 8.27. The average Bonchev–Trinajstić information content (AvgIpc) is 3.27. The van der Waals surface area contributed by atoms with E-state index in [1.807, 2.05) is 37.3 Å². The predicted molar refractivity (Wildman–Crippen MR) is 128 cm³/mol. The van der Waals surface area contributed by atoms with E-state index in [0.29, 0.717) is 29.4 Å². The molecule has 7 heteroatoms. The Morgan fingerprint density at radius 2 is 1.75 bits per heavy atom. The van der Waals surface area contributed by atoms with Crippen LogP contribution < -0.4 is 15.4 Å². The van der Waals surface area contributed by atoms with E-state index >= 15 is 0 Å². The number of halogens is 1. The highest BCUT2D eigenvalue weighted by Gasteiger charge is 2.16. The van der Waals surface area contributed by atoms with Crippen LogP contribution >= 0.6 is 15.9 Å². The van der Waals surface area contributed by atoms with Crippen LogP contribution in [-0.2, 0) is 4.79 Å². The van der Waals surface area contributed by atoms with Crippen LogP contribution in [-0.4, -0.2) is 25.5 Å². The first kappa shape index (κ1) is 23.3. The summed E-state index contributed by atoms with van der Waals surface area (Å²) < 4.78 is 12.0. The Morgan fingerprint density at radius 3 is 2.41 bits per heavy atom. The third-order valence-electron chi connectivity index (χ3n) is 4.70. The van der Waals surface area contributed by atoms with Gasteiger partial charge in [-0.05, 0) is 55.0 Å². The molecule has 0 bridgehead atoms. The number of hydrogen-bond donors (Lipinski definition) is 2. The van der Waals surface area contributed by atoms with Crippen molar-refractivity contribution in [2.75, 3.05) is 13.7 Å². The molecule has 0 unspecified atom stereocenters. The topological polar surface area (TPSA) is 80.6 Å². The molecule has 1 aromatic heterocycles.